The standard InChI is InChI=1S/C25H32ClIO5/c1-14-17(15(2)28)19(27)18(26)21-20(14)31-23(6,32-21)25-10-7-24(8-11-25,9-12-25)13-16(29)30-22(3,4)5/h7-13H2,1-6H3. The first-order chi connectivity index (χ1) is 14.7. The van der Waals surface area contributed by atoms with Crippen molar-refractivity contribution in [2.45, 2.75) is 97.9 Å². The zero-order chi connectivity index (χ0) is 23.7. The monoisotopic (exact) mass is 574 g/mol. The van der Waals surface area contributed by atoms with Crippen LogP contribution < -0.4 is 9.47 Å². The SMILES string of the molecule is CC(=O)c1c(C)c2c(c(Cl)c1I)OC(C)(C13CCC(CC(=O)OC(C)(C)C)(CC1)CC3)O2. The van der Waals surface area contributed by atoms with Crippen molar-refractivity contribution in [2.75, 3.05) is 0 Å². The molecular formula is C25H32ClIO5. The van der Waals surface area contributed by atoms with Crippen molar-refractivity contribution in [1.82, 2.24) is 0 Å². The maximum atomic E-state index is 12.5. The lowest BCUT2D eigenvalue weighted by molar-refractivity contribution is -0.214. The number of hydrogen-bond donors (Lipinski definition) is 0. The van der Waals surface area contributed by atoms with Gasteiger partial charge in [0.15, 0.2) is 17.3 Å². The molecule has 1 unspecified atom stereocenters. The van der Waals surface area contributed by atoms with Gasteiger partial charge in [0.2, 0.25) is 0 Å². The fourth-order valence-corrected chi connectivity index (χ4v) is 7.16. The molecule has 0 N–H and O–H groups in total. The van der Waals surface area contributed by atoms with E-state index in [1.165, 1.54) is 0 Å². The summed E-state index contributed by atoms with van der Waals surface area (Å²) in [5.41, 5.74) is 0.783. The van der Waals surface area contributed by atoms with Gasteiger partial charge in [0.25, 0.3) is 5.79 Å². The average Bonchev–Trinajstić information content (AvgIpc) is 3.06. The van der Waals surface area contributed by atoms with Crippen LogP contribution in [0.5, 0.6) is 11.5 Å². The molecule has 1 heterocycles. The normalized spacial score (nSPS) is 31.0. The Morgan fingerprint density at radius 3 is 2.09 bits per heavy atom. The maximum Gasteiger partial charge on any atom is 0.306 e. The summed E-state index contributed by atoms with van der Waals surface area (Å²) < 4.78 is 19.4. The Labute approximate surface area is 209 Å². The fraction of sp³-hybridized carbons (Fsp3) is 0.680. The second kappa shape index (κ2) is 7.76. The van der Waals surface area contributed by atoms with E-state index < -0.39 is 11.4 Å². The Balaban J connectivity index is 1.56. The minimum absolute atomic E-state index is 0.0106. The third-order valence-electron chi connectivity index (χ3n) is 7.78. The van der Waals surface area contributed by atoms with Crippen LogP contribution >= 0.6 is 34.2 Å². The summed E-state index contributed by atoms with van der Waals surface area (Å²) in [6.07, 6.45) is 6.11. The number of ketones is 1. The summed E-state index contributed by atoms with van der Waals surface area (Å²) in [6, 6.07) is 0. The van der Waals surface area contributed by atoms with Gasteiger partial charge in [-0.25, -0.2) is 0 Å². The highest BCUT2D eigenvalue weighted by atomic mass is 127. The molecule has 5 rings (SSSR count). The molecule has 2 bridgehead atoms. The second-order valence-electron chi connectivity index (χ2n) is 11.0. The number of carbonyl (C=O) groups is 2. The molecule has 176 valence electrons. The molecular weight excluding hydrogens is 543 g/mol. The Morgan fingerprint density at radius 1 is 1.06 bits per heavy atom. The number of carbonyl (C=O) groups excluding carboxylic acids is 2. The molecule has 3 fully saturated rings. The number of benzene rings is 1. The highest BCUT2D eigenvalue weighted by Crippen LogP contribution is 2.65. The van der Waals surface area contributed by atoms with Gasteiger partial charge in [-0.15, -0.1) is 0 Å². The first-order valence-electron chi connectivity index (χ1n) is 11.3. The lowest BCUT2D eigenvalue weighted by atomic mass is 9.50. The number of halogens is 2. The van der Waals surface area contributed by atoms with E-state index in [-0.39, 0.29) is 22.6 Å². The van der Waals surface area contributed by atoms with Crippen LogP contribution in [0.3, 0.4) is 0 Å². The van der Waals surface area contributed by atoms with E-state index in [4.69, 9.17) is 25.8 Å². The highest BCUT2D eigenvalue weighted by Gasteiger charge is 2.62. The lowest BCUT2D eigenvalue weighted by Crippen LogP contribution is -2.58. The molecule has 3 aliphatic carbocycles. The summed E-state index contributed by atoms with van der Waals surface area (Å²) in [7, 11) is 0. The van der Waals surface area contributed by atoms with E-state index in [0.29, 0.717) is 32.1 Å². The van der Waals surface area contributed by atoms with Gasteiger partial charge in [-0.1, -0.05) is 11.6 Å². The van der Waals surface area contributed by atoms with Crippen LogP contribution in [0.15, 0.2) is 0 Å². The van der Waals surface area contributed by atoms with Crippen molar-refractivity contribution in [2.24, 2.45) is 10.8 Å². The molecule has 0 aromatic heterocycles. The van der Waals surface area contributed by atoms with E-state index in [0.717, 1.165) is 44.1 Å². The molecule has 7 heteroatoms. The summed E-state index contributed by atoms with van der Waals surface area (Å²) in [6.45, 7) is 11.2. The zero-order valence-corrected chi connectivity index (χ0v) is 22.7. The zero-order valence-electron chi connectivity index (χ0n) is 19.7. The molecule has 0 amide bonds. The van der Waals surface area contributed by atoms with Crippen LogP contribution in [-0.4, -0.2) is 23.1 Å². The molecule has 0 radical (unpaired) electrons. The number of fused-ring (bicyclic) bond motifs is 4. The third-order valence-corrected chi connectivity index (χ3v) is 9.54. The van der Waals surface area contributed by atoms with Gasteiger partial charge in [-0.2, -0.15) is 0 Å². The van der Waals surface area contributed by atoms with E-state index in [1.54, 1.807) is 6.92 Å². The molecule has 0 spiro atoms. The van der Waals surface area contributed by atoms with E-state index in [9.17, 15) is 9.59 Å². The smallest absolute Gasteiger partial charge is 0.306 e. The van der Waals surface area contributed by atoms with Gasteiger partial charge in [-0.3, -0.25) is 9.59 Å². The molecule has 3 saturated carbocycles. The Hall–Kier alpha value is -1.02. The van der Waals surface area contributed by atoms with Crippen LogP contribution in [0.25, 0.3) is 0 Å². The highest BCUT2D eigenvalue weighted by molar-refractivity contribution is 14.1. The predicted octanol–water partition coefficient (Wildman–Crippen LogP) is 7.02. The van der Waals surface area contributed by atoms with Gasteiger partial charge in [0.05, 0.1) is 6.42 Å². The van der Waals surface area contributed by atoms with Crippen molar-refractivity contribution in [1.29, 1.82) is 0 Å². The third kappa shape index (κ3) is 3.83. The van der Waals surface area contributed by atoms with Crippen molar-refractivity contribution in [3.8, 4) is 11.5 Å². The summed E-state index contributed by atoms with van der Waals surface area (Å²) >= 11 is 8.76. The van der Waals surface area contributed by atoms with E-state index in [1.807, 2.05) is 34.6 Å². The van der Waals surface area contributed by atoms with Crippen LogP contribution in [0.2, 0.25) is 5.02 Å². The second-order valence-corrected chi connectivity index (χ2v) is 12.5. The number of esters is 1. The van der Waals surface area contributed by atoms with Crippen LogP contribution in [0.4, 0.5) is 0 Å². The largest absolute Gasteiger partial charge is 0.460 e. The van der Waals surface area contributed by atoms with Crippen molar-refractivity contribution in [3.63, 3.8) is 0 Å². The van der Waals surface area contributed by atoms with Gasteiger partial charge in [-0.05, 0) is 101 Å². The van der Waals surface area contributed by atoms with E-state index in [2.05, 4.69) is 22.6 Å². The van der Waals surface area contributed by atoms with Crippen LogP contribution in [-0.2, 0) is 9.53 Å². The van der Waals surface area contributed by atoms with Crippen LogP contribution in [0.1, 0.15) is 95.5 Å². The number of hydrogen-bond acceptors (Lipinski definition) is 5. The number of rotatable bonds is 4. The molecule has 0 saturated heterocycles. The minimum Gasteiger partial charge on any atom is -0.460 e. The lowest BCUT2D eigenvalue weighted by Gasteiger charge is -2.57. The predicted molar refractivity (Wildman–Crippen MR) is 132 cm³/mol. The van der Waals surface area contributed by atoms with Gasteiger partial charge >= 0.3 is 5.97 Å². The molecule has 4 aliphatic rings. The van der Waals surface area contributed by atoms with E-state index >= 15 is 0 Å². The minimum atomic E-state index is -0.847. The molecule has 1 atom stereocenters. The molecule has 1 aliphatic heterocycles. The summed E-state index contributed by atoms with van der Waals surface area (Å²) in [4.78, 5) is 24.8. The Kier molecular flexibility index (Phi) is 5.84. The summed E-state index contributed by atoms with van der Waals surface area (Å²) in [5.74, 6) is 0.155. The number of Topliss-reactive ketones (excluding diaryl/α,β-unsaturated/α-hetero) is 1. The summed E-state index contributed by atoms with van der Waals surface area (Å²) in [5, 5.41) is 0.447. The first kappa shape index (κ1) is 24.1. The van der Waals surface area contributed by atoms with Crippen molar-refractivity contribution < 1.29 is 23.8 Å². The Morgan fingerprint density at radius 2 is 1.59 bits per heavy atom. The molecule has 1 aromatic carbocycles. The Bertz CT molecular complexity index is 971. The van der Waals surface area contributed by atoms with Crippen molar-refractivity contribution in [3.05, 3.63) is 19.7 Å². The number of ether oxygens (including phenoxy) is 3. The molecule has 32 heavy (non-hydrogen) atoms. The van der Waals surface area contributed by atoms with Crippen molar-refractivity contribution >= 4 is 45.9 Å². The van der Waals surface area contributed by atoms with Gasteiger partial charge < -0.3 is 14.2 Å². The van der Waals surface area contributed by atoms with Crippen LogP contribution in [0, 0.1) is 21.3 Å². The average molecular weight is 575 g/mol. The first-order valence-corrected chi connectivity index (χ1v) is 12.8. The van der Waals surface area contributed by atoms with Gasteiger partial charge in [0, 0.05) is 27.0 Å². The topological polar surface area (TPSA) is 61.8 Å². The molecule has 5 nitrogen and oxygen atoms in total. The van der Waals surface area contributed by atoms with Gasteiger partial charge in [0.1, 0.15) is 10.6 Å². The maximum absolute atomic E-state index is 12.5. The fourth-order valence-electron chi connectivity index (χ4n) is 5.91. The molecule has 1 aromatic rings. The quantitative estimate of drug-likeness (QED) is 0.220.